The molecular weight excluding hydrogens is 522 g/mol. The van der Waals surface area contributed by atoms with Crippen molar-refractivity contribution < 1.29 is 0 Å². The minimum absolute atomic E-state index is 0.618. The van der Waals surface area contributed by atoms with Crippen LogP contribution >= 0.6 is 0 Å². The predicted octanol–water partition coefficient (Wildman–Crippen LogP) is 10.1. The first kappa shape index (κ1) is 26.2. The van der Waals surface area contributed by atoms with Crippen LogP contribution in [0.1, 0.15) is 23.6 Å². The Bertz CT molecular complexity index is 2200. The van der Waals surface area contributed by atoms with Crippen molar-refractivity contribution >= 4 is 49.7 Å². The van der Waals surface area contributed by atoms with Gasteiger partial charge in [-0.3, -0.25) is 4.98 Å². The lowest BCUT2D eigenvalue weighted by atomic mass is 10.0. The summed E-state index contributed by atoms with van der Waals surface area (Å²) >= 11 is 0. The number of nitrogens with zero attached hydrogens (tertiary/aromatic N) is 3. The number of hydrogen-bond acceptors (Lipinski definition) is 2. The van der Waals surface area contributed by atoms with Gasteiger partial charge in [-0.1, -0.05) is 122 Å². The Morgan fingerprint density at radius 3 is 1.77 bits per heavy atom. The van der Waals surface area contributed by atoms with E-state index in [4.69, 9.17) is 9.98 Å². The lowest BCUT2D eigenvalue weighted by Gasteiger charge is -2.10. The van der Waals surface area contributed by atoms with Gasteiger partial charge in [0.2, 0.25) is 0 Å². The highest BCUT2D eigenvalue weighted by atomic mass is 14.9. The average Bonchev–Trinajstić information content (AvgIpc) is 3.07. The van der Waals surface area contributed by atoms with Gasteiger partial charge >= 0.3 is 0 Å². The van der Waals surface area contributed by atoms with E-state index in [1.807, 2.05) is 37.4 Å². The maximum atomic E-state index is 5.09. The summed E-state index contributed by atoms with van der Waals surface area (Å²) in [4.78, 5) is 14.8. The van der Waals surface area contributed by atoms with Gasteiger partial charge < -0.3 is 0 Å². The number of aromatic nitrogens is 1. The molecule has 0 unspecified atom stereocenters. The highest BCUT2D eigenvalue weighted by Crippen LogP contribution is 2.26. The normalized spacial score (nSPS) is 12.2. The molecule has 204 valence electrons. The number of fused-ring (bicyclic) bond motifs is 3. The van der Waals surface area contributed by atoms with Crippen molar-refractivity contribution in [1.29, 1.82) is 0 Å². The molecule has 0 fully saturated rings. The van der Waals surface area contributed by atoms with Crippen molar-refractivity contribution in [2.24, 2.45) is 9.98 Å². The van der Waals surface area contributed by atoms with Crippen LogP contribution in [0.2, 0.25) is 0 Å². The third-order valence-corrected chi connectivity index (χ3v) is 7.83. The van der Waals surface area contributed by atoms with Gasteiger partial charge in [0.05, 0.1) is 11.2 Å². The predicted molar refractivity (Wildman–Crippen MR) is 183 cm³/mol. The van der Waals surface area contributed by atoms with Crippen molar-refractivity contribution in [3.63, 3.8) is 0 Å². The van der Waals surface area contributed by atoms with Gasteiger partial charge in [0.15, 0.2) is 5.84 Å². The molecule has 0 aliphatic heterocycles. The van der Waals surface area contributed by atoms with E-state index < -0.39 is 0 Å². The topological polar surface area (TPSA) is 37.6 Å². The van der Waals surface area contributed by atoms with Gasteiger partial charge in [-0.2, -0.15) is 0 Å². The molecule has 1 heterocycles. The molecule has 0 saturated carbocycles. The van der Waals surface area contributed by atoms with Gasteiger partial charge in [-0.15, -0.1) is 0 Å². The second-order valence-corrected chi connectivity index (χ2v) is 10.7. The molecule has 7 rings (SSSR count). The Labute approximate surface area is 251 Å². The van der Waals surface area contributed by atoms with Crippen molar-refractivity contribution in [1.82, 2.24) is 4.98 Å². The Morgan fingerprint density at radius 1 is 0.512 bits per heavy atom. The molecule has 0 bridgehead atoms. The number of benzene rings is 6. The Kier molecular flexibility index (Phi) is 6.90. The van der Waals surface area contributed by atoms with Gasteiger partial charge in [0, 0.05) is 34.0 Å². The molecule has 0 saturated heterocycles. The number of rotatable bonds is 5. The summed E-state index contributed by atoms with van der Waals surface area (Å²) in [6, 6.07) is 48.2. The fourth-order valence-electron chi connectivity index (χ4n) is 5.39. The van der Waals surface area contributed by atoms with E-state index in [9.17, 15) is 0 Å². The molecule has 0 aliphatic carbocycles. The fourth-order valence-corrected chi connectivity index (χ4v) is 5.39. The number of hydrogen-bond donors (Lipinski definition) is 0. The lowest BCUT2D eigenvalue weighted by molar-refractivity contribution is 1.40. The highest BCUT2D eigenvalue weighted by Gasteiger charge is 2.10. The van der Waals surface area contributed by atoms with Gasteiger partial charge in [-0.05, 0) is 63.9 Å². The number of amidine groups is 1. The largest absolute Gasteiger partial charge is 0.256 e. The van der Waals surface area contributed by atoms with Crippen LogP contribution in [0.25, 0.3) is 49.3 Å². The second-order valence-electron chi connectivity index (χ2n) is 10.7. The maximum Gasteiger partial charge on any atom is 0.160 e. The molecule has 1 aromatic heterocycles. The fraction of sp³-hybridized carbons (Fsp3) is 0.0250. The number of para-hydroxylation sites is 1. The zero-order valence-corrected chi connectivity index (χ0v) is 23.9. The smallest absolute Gasteiger partial charge is 0.160 e. The maximum absolute atomic E-state index is 5.09. The first-order chi connectivity index (χ1) is 21.1. The van der Waals surface area contributed by atoms with E-state index in [2.05, 4.69) is 127 Å². The quantitative estimate of drug-likeness (QED) is 0.155. The molecule has 43 heavy (non-hydrogen) atoms. The summed E-state index contributed by atoms with van der Waals surface area (Å²) in [5.41, 5.74) is 7.64. The second kappa shape index (κ2) is 11.3. The summed E-state index contributed by atoms with van der Waals surface area (Å²) in [6.45, 7) is 6.38. The van der Waals surface area contributed by atoms with E-state index >= 15 is 0 Å². The summed E-state index contributed by atoms with van der Waals surface area (Å²) < 4.78 is 0. The summed E-state index contributed by atoms with van der Waals surface area (Å²) in [5, 5.41) is 5.85. The summed E-state index contributed by atoms with van der Waals surface area (Å²) in [5.74, 6) is 0.618. The molecule has 0 N–H and O–H groups in total. The number of pyridine rings is 1. The van der Waals surface area contributed by atoms with E-state index in [-0.39, 0.29) is 0 Å². The van der Waals surface area contributed by atoms with Crippen molar-refractivity contribution in [3.05, 3.63) is 169 Å². The molecule has 3 heteroatoms. The average molecular weight is 552 g/mol. The minimum atomic E-state index is 0.618. The third kappa shape index (κ3) is 5.49. The lowest BCUT2D eigenvalue weighted by Crippen LogP contribution is -2.04. The van der Waals surface area contributed by atoms with Gasteiger partial charge in [-0.25, -0.2) is 9.98 Å². The Morgan fingerprint density at radius 2 is 1.07 bits per heavy atom. The standard InChI is InChI=1S/C40H29N3/c1-27(33-21-17-29-9-3-5-11-35(29)23-33)42-40(43-28(2)34-22-18-30-10-4-6-12-36(30)24-34)32-19-15-31(16-20-32)38-25-37-13-7-8-14-39(37)41-26-38/h3-26H,1H2,2H3. The first-order valence-corrected chi connectivity index (χ1v) is 14.4. The Balaban J connectivity index is 1.28. The molecule has 6 aromatic carbocycles. The zero-order valence-electron chi connectivity index (χ0n) is 23.9. The van der Waals surface area contributed by atoms with Crippen LogP contribution < -0.4 is 0 Å². The number of aliphatic imine (C=N–C) groups is 2. The van der Waals surface area contributed by atoms with Crippen LogP contribution in [0.15, 0.2) is 162 Å². The SMILES string of the molecule is C=C(N=C(N=C(C)c1ccc2ccccc2c1)c1ccc(-c2cnc3ccccc3c2)cc1)c1ccc2ccccc2c1. The third-order valence-electron chi connectivity index (χ3n) is 7.83. The molecule has 0 atom stereocenters. The summed E-state index contributed by atoms with van der Waals surface area (Å²) in [6.07, 6.45) is 1.93. The molecule has 3 nitrogen and oxygen atoms in total. The zero-order chi connectivity index (χ0) is 29.2. The molecule has 0 spiro atoms. The minimum Gasteiger partial charge on any atom is -0.256 e. The van der Waals surface area contributed by atoms with Crippen LogP contribution in [-0.4, -0.2) is 16.5 Å². The van der Waals surface area contributed by atoms with E-state index in [0.717, 1.165) is 49.8 Å². The molecule has 0 radical (unpaired) electrons. The monoisotopic (exact) mass is 551 g/mol. The van der Waals surface area contributed by atoms with E-state index in [1.54, 1.807) is 0 Å². The highest BCUT2D eigenvalue weighted by molar-refractivity contribution is 6.13. The molecule has 7 aromatic rings. The van der Waals surface area contributed by atoms with Crippen LogP contribution in [0, 0.1) is 0 Å². The van der Waals surface area contributed by atoms with Crippen molar-refractivity contribution in [3.8, 4) is 11.1 Å². The first-order valence-electron chi connectivity index (χ1n) is 14.4. The van der Waals surface area contributed by atoms with Crippen molar-refractivity contribution in [2.45, 2.75) is 6.92 Å². The van der Waals surface area contributed by atoms with Crippen LogP contribution in [0.3, 0.4) is 0 Å². The van der Waals surface area contributed by atoms with Crippen LogP contribution in [0.4, 0.5) is 0 Å². The van der Waals surface area contributed by atoms with Crippen LogP contribution in [0.5, 0.6) is 0 Å². The van der Waals surface area contributed by atoms with Crippen molar-refractivity contribution in [2.75, 3.05) is 0 Å². The van der Waals surface area contributed by atoms with Crippen LogP contribution in [-0.2, 0) is 0 Å². The summed E-state index contributed by atoms with van der Waals surface area (Å²) in [7, 11) is 0. The van der Waals surface area contributed by atoms with E-state index in [0.29, 0.717) is 11.5 Å². The molecule has 0 aliphatic rings. The molecular formula is C40H29N3. The van der Waals surface area contributed by atoms with Gasteiger partial charge in [0.1, 0.15) is 0 Å². The van der Waals surface area contributed by atoms with E-state index in [1.165, 1.54) is 16.2 Å². The van der Waals surface area contributed by atoms with Gasteiger partial charge in [0.25, 0.3) is 0 Å². The molecule has 0 amide bonds. The Hall–Kier alpha value is -5.67.